The van der Waals surface area contributed by atoms with Crippen LogP contribution in [-0.2, 0) is 24.4 Å². The number of fused-ring (bicyclic) bond motifs is 2. The van der Waals surface area contributed by atoms with Gasteiger partial charge in [0.25, 0.3) is 0 Å². The predicted molar refractivity (Wildman–Crippen MR) is 337 cm³/mol. The molecule has 10 rings (SSSR count). The number of hydrogen-bond acceptors (Lipinski definition) is 8. The molecule has 80 heavy (non-hydrogen) atoms. The molecule has 2 unspecified atom stereocenters. The Labute approximate surface area is 481 Å². The normalized spacial score (nSPS) is 19.4. The Morgan fingerprint density at radius 1 is 0.575 bits per heavy atom. The van der Waals surface area contributed by atoms with E-state index in [0.29, 0.717) is 30.3 Å². The Morgan fingerprint density at radius 2 is 1.04 bits per heavy atom. The Bertz CT molecular complexity index is 2950. The fraction of sp³-hybridized carbons (Fsp3) is 0.429. The minimum absolute atomic E-state index is 0.0110. The molecule has 2 amide bonds. The summed E-state index contributed by atoms with van der Waals surface area (Å²) in [6.07, 6.45) is 2.95. The number of piperidine rings is 3. The number of carbonyl (C=O) groups is 2. The highest BCUT2D eigenvalue weighted by Crippen LogP contribution is 2.35. The molecule has 7 aromatic rings. The summed E-state index contributed by atoms with van der Waals surface area (Å²) in [7, 11) is 6.45. The van der Waals surface area contributed by atoms with Crippen molar-refractivity contribution in [2.24, 2.45) is 27.7 Å². The van der Waals surface area contributed by atoms with Crippen molar-refractivity contribution < 1.29 is 9.59 Å². The fourth-order valence-electron chi connectivity index (χ4n) is 11.8. The van der Waals surface area contributed by atoms with E-state index in [2.05, 4.69) is 201 Å². The number of nitrogens with one attached hydrogen (secondary N) is 2. The van der Waals surface area contributed by atoms with Crippen LogP contribution in [-0.4, -0.2) is 104 Å². The predicted octanol–water partition coefficient (Wildman–Crippen LogP) is 13.3. The van der Waals surface area contributed by atoms with Gasteiger partial charge >= 0.3 is 6.03 Å². The van der Waals surface area contributed by atoms with E-state index in [9.17, 15) is 9.59 Å². The van der Waals surface area contributed by atoms with Gasteiger partial charge in [0, 0.05) is 75.8 Å². The number of amides is 2. The molecule has 3 saturated heterocycles. The van der Waals surface area contributed by atoms with Crippen molar-refractivity contribution in [2.45, 2.75) is 118 Å². The van der Waals surface area contributed by atoms with E-state index in [1.807, 2.05) is 81.4 Å². The second kappa shape index (κ2) is 30.0. The minimum atomic E-state index is -0.104. The van der Waals surface area contributed by atoms with Gasteiger partial charge in [-0.25, -0.2) is 4.79 Å². The second-order valence-corrected chi connectivity index (χ2v) is 24.7. The lowest BCUT2D eigenvalue weighted by atomic mass is 9.78. The number of likely N-dealkylation sites (tertiary alicyclic amines) is 3. The molecular weight excluding hydrogens is 985 g/mol. The summed E-state index contributed by atoms with van der Waals surface area (Å²) in [6.45, 7) is 25.9. The van der Waals surface area contributed by atoms with E-state index in [1.165, 1.54) is 57.7 Å². The van der Waals surface area contributed by atoms with Gasteiger partial charge in [0.05, 0.1) is 6.04 Å². The molecule has 0 aliphatic carbocycles. The molecule has 7 aromatic carbocycles. The SMILES string of the molecule is CN1CCC(=O)C(C)(C)C1.CN1CCC(NCc2ccccc2)C(C)(C)C1.C[C@H](N)c1cccc2ccccc12.C[C@H](NC(=O)N(Cc1ccccc1)C1CCN(C)CC1(C)C)c1cccc2ccccc12.NCc1ccccc1. The summed E-state index contributed by atoms with van der Waals surface area (Å²) >= 11 is 0. The first-order chi connectivity index (χ1) is 38.2. The average molecular weight is 1080 g/mol. The van der Waals surface area contributed by atoms with Crippen LogP contribution >= 0.6 is 0 Å². The number of carbonyl (C=O) groups excluding carboxylic acids is 2. The first-order valence-corrected chi connectivity index (χ1v) is 29.1. The van der Waals surface area contributed by atoms with Crippen LogP contribution < -0.4 is 22.1 Å². The minimum Gasteiger partial charge on any atom is -0.331 e. The maximum absolute atomic E-state index is 13.7. The van der Waals surface area contributed by atoms with Gasteiger partial charge < -0.3 is 41.7 Å². The molecule has 4 atom stereocenters. The van der Waals surface area contributed by atoms with E-state index in [0.717, 1.165) is 56.7 Å². The third kappa shape index (κ3) is 18.7. The molecule has 3 heterocycles. The van der Waals surface area contributed by atoms with Gasteiger partial charge in [0.15, 0.2) is 0 Å². The topological polar surface area (TPSA) is 123 Å². The third-order valence-electron chi connectivity index (χ3n) is 16.2. The molecule has 10 nitrogen and oxygen atoms in total. The van der Waals surface area contributed by atoms with Crippen LogP contribution in [0.3, 0.4) is 0 Å². The fourth-order valence-corrected chi connectivity index (χ4v) is 11.8. The largest absolute Gasteiger partial charge is 0.331 e. The van der Waals surface area contributed by atoms with Crippen molar-refractivity contribution >= 4 is 33.4 Å². The van der Waals surface area contributed by atoms with Crippen LogP contribution in [0.4, 0.5) is 4.79 Å². The lowest BCUT2D eigenvalue weighted by molar-refractivity contribution is -0.131. The lowest BCUT2D eigenvalue weighted by Crippen LogP contribution is -2.58. The maximum Gasteiger partial charge on any atom is 0.318 e. The molecule has 10 heteroatoms. The number of nitrogens with two attached hydrogens (primary N) is 2. The average Bonchev–Trinajstić information content (AvgIpc) is 3.44. The summed E-state index contributed by atoms with van der Waals surface area (Å²) in [5, 5.41) is 12.0. The molecule has 3 fully saturated rings. The van der Waals surface area contributed by atoms with Crippen LogP contribution in [0, 0.1) is 16.2 Å². The molecule has 0 aromatic heterocycles. The summed E-state index contributed by atoms with van der Waals surface area (Å²) in [5.41, 5.74) is 17.6. The van der Waals surface area contributed by atoms with Crippen LogP contribution in [0.15, 0.2) is 176 Å². The standard InChI is InChI=1S/C28H35N3O.C15H24N2.C12H13N.C8H15NO.C7H9N/c1-21(24-16-10-14-23-13-8-9-15-25(23)24)29-27(32)31(19-22-11-6-5-7-12-22)26-17-18-30(4)20-28(26,2)3;1-15(2)12-17(3)10-9-14(15)16-11-13-7-5-4-6-8-13;1-9(13)11-8-4-6-10-5-2-3-7-12(10)11;1-8(2)6-9(3)5-4-7(8)10;8-6-7-4-2-1-3-5-7/h5-16,21,26H,17-20H2,1-4H3,(H,29,32);4-8,14,16H,9-12H2,1-3H3;2-9H,13H2,1H3;4-6H2,1-3H3;1-5H,6,8H2/t21-,26?;;9-;;/m0.0../s1. The van der Waals surface area contributed by atoms with Gasteiger partial charge in [-0.3, -0.25) is 4.79 Å². The zero-order valence-electron chi connectivity index (χ0n) is 50.3. The highest BCUT2D eigenvalue weighted by atomic mass is 16.2. The second-order valence-electron chi connectivity index (χ2n) is 24.7. The molecule has 0 bridgehead atoms. The van der Waals surface area contributed by atoms with Crippen LogP contribution in [0.2, 0.25) is 0 Å². The van der Waals surface area contributed by atoms with Gasteiger partial charge in [-0.05, 0) is 121 Å². The van der Waals surface area contributed by atoms with Gasteiger partial charge in [0.1, 0.15) is 5.78 Å². The number of nitrogens with zero attached hydrogens (tertiary/aromatic N) is 4. The molecule has 0 saturated carbocycles. The van der Waals surface area contributed by atoms with E-state index >= 15 is 0 Å². The number of hydrogen-bond donors (Lipinski definition) is 4. The highest BCUT2D eigenvalue weighted by molar-refractivity contribution is 5.87. The van der Waals surface area contributed by atoms with Crippen molar-refractivity contribution in [3.8, 4) is 0 Å². The molecule has 6 N–H and O–H groups in total. The van der Waals surface area contributed by atoms with E-state index in [-0.39, 0.29) is 35.0 Å². The number of benzene rings is 7. The van der Waals surface area contributed by atoms with Crippen LogP contribution in [0.25, 0.3) is 21.5 Å². The lowest BCUT2D eigenvalue weighted by Gasteiger charge is -2.48. The molecule has 428 valence electrons. The van der Waals surface area contributed by atoms with E-state index in [1.54, 1.807) is 0 Å². The Morgan fingerprint density at radius 3 is 1.54 bits per heavy atom. The van der Waals surface area contributed by atoms with Gasteiger partial charge in [-0.1, -0.05) is 217 Å². The van der Waals surface area contributed by atoms with Crippen molar-refractivity contribution in [1.82, 2.24) is 30.2 Å². The summed E-state index contributed by atoms with van der Waals surface area (Å²) in [4.78, 5) is 34.1. The van der Waals surface area contributed by atoms with Crippen LogP contribution in [0.5, 0.6) is 0 Å². The zero-order valence-corrected chi connectivity index (χ0v) is 50.3. The first-order valence-electron chi connectivity index (χ1n) is 29.1. The van der Waals surface area contributed by atoms with Crippen molar-refractivity contribution in [3.05, 3.63) is 204 Å². The smallest absolute Gasteiger partial charge is 0.318 e. The number of urea groups is 1. The number of Topliss-reactive ketones (excluding diaryl/α,β-unsaturated/α-hetero) is 1. The summed E-state index contributed by atoms with van der Waals surface area (Å²) in [6, 6.07) is 61.1. The van der Waals surface area contributed by atoms with Gasteiger partial charge in [-0.15, -0.1) is 0 Å². The van der Waals surface area contributed by atoms with Gasteiger partial charge in [-0.2, -0.15) is 0 Å². The molecule has 0 spiro atoms. The van der Waals surface area contributed by atoms with Gasteiger partial charge in [0.2, 0.25) is 0 Å². The molecular formula is C70H96N8O2. The van der Waals surface area contributed by atoms with E-state index in [4.69, 9.17) is 11.5 Å². The zero-order chi connectivity index (χ0) is 57.9. The maximum atomic E-state index is 13.7. The molecule has 0 radical (unpaired) electrons. The third-order valence-corrected chi connectivity index (χ3v) is 16.2. The van der Waals surface area contributed by atoms with Crippen molar-refractivity contribution in [2.75, 3.05) is 60.4 Å². The highest BCUT2D eigenvalue weighted by Gasteiger charge is 2.41. The molecule has 3 aliphatic heterocycles. The van der Waals surface area contributed by atoms with Crippen LogP contribution in [0.1, 0.15) is 115 Å². The Balaban J connectivity index is 0.000000179. The first kappa shape index (κ1) is 62.9. The summed E-state index contributed by atoms with van der Waals surface area (Å²) in [5.74, 6) is 0.408. The van der Waals surface area contributed by atoms with Crippen molar-refractivity contribution in [1.29, 1.82) is 0 Å². The quantitative estimate of drug-likeness (QED) is 0.107. The van der Waals surface area contributed by atoms with Crippen molar-refractivity contribution in [3.63, 3.8) is 0 Å². The summed E-state index contributed by atoms with van der Waals surface area (Å²) < 4.78 is 0. The Hall–Kier alpha value is -6.24. The number of ketones is 1. The van der Waals surface area contributed by atoms with E-state index < -0.39 is 0 Å². The Kier molecular flexibility index (Phi) is 23.6. The number of rotatable bonds is 10. The molecule has 3 aliphatic rings. The monoisotopic (exact) mass is 1080 g/mol.